The summed E-state index contributed by atoms with van der Waals surface area (Å²) in [6.45, 7) is 0. The van der Waals surface area contributed by atoms with E-state index in [1.807, 2.05) is 0 Å². The highest BCUT2D eigenvalue weighted by molar-refractivity contribution is 7.91. The lowest BCUT2D eigenvalue weighted by Gasteiger charge is -2.22. The van der Waals surface area contributed by atoms with Gasteiger partial charge >= 0.3 is 6.09 Å². The molecular weight excluding hydrogens is 432 g/mol. The van der Waals surface area contributed by atoms with Crippen molar-refractivity contribution in [1.82, 2.24) is 14.9 Å². The van der Waals surface area contributed by atoms with Gasteiger partial charge in [-0.2, -0.15) is 0 Å². The molecule has 1 heterocycles. The third kappa shape index (κ3) is 3.76. The van der Waals surface area contributed by atoms with Crippen molar-refractivity contribution in [2.45, 2.75) is 23.8 Å². The summed E-state index contributed by atoms with van der Waals surface area (Å²) in [4.78, 5) is 28.9. The number of carbonyl (C=O) groups is 1. The molecule has 0 spiro atoms. The summed E-state index contributed by atoms with van der Waals surface area (Å²) in [6, 6.07) is 5.97. The highest BCUT2D eigenvalue weighted by atomic mass is 32.2. The summed E-state index contributed by atoms with van der Waals surface area (Å²) in [7, 11) is -3.88. The van der Waals surface area contributed by atoms with Crippen molar-refractivity contribution >= 4 is 26.8 Å². The summed E-state index contributed by atoms with van der Waals surface area (Å²) < 4.78 is 54.5. The van der Waals surface area contributed by atoms with Gasteiger partial charge in [0.25, 0.3) is 5.56 Å². The third-order valence-electron chi connectivity index (χ3n) is 5.10. The summed E-state index contributed by atoms with van der Waals surface area (Å²) in [5, 5.41) is 11.2. The minimum Gasteiger partial charge on any atom is -0.465 e. The van der Waals surface area contributed by atoms with Crippen molar-refractivity contribution in [2.24, 2.45) is 5.92 Å². The van der Waals surface area contributed by atoms with Gasteiger partial charge in [0.2, 0.25) is 0 Å². The van der Waals surface area contributed by atoms with Crippen LogP contribution in [-0.4, -0.2) is 35.4 Å². The summed E-state index contributed by atoms with van der Waals surface area (Å²) >= 11 is 0. The number of hydrogen-bond donors (Lipinski definition) is 2. The van der Waals surface area contributed by atoms with Crippen molar-refractivity contribution in [3.05, 3.63) is 64.2 Å². The second-order valence-electron chi connectivity index (χ2n) is 7.37. The van der Waals surface area contributed by atoms with Crippen molar-refractivity contribution < 1.29 is 27.1 Å². The Balaban J connectivity index is 2.17. The molecule has 31 heavy (non-hydrogen) atoms. The topological polar surface area (TPSA) is 118 Å². The molecule has 2 aromatic carbocycles. The lowest BCUT2D eigenvalue weighted by molar-refractivity contribution is 0.187. The van der Waals surface area contributed by atoms with Crippen LogP contribution >= 0.6 is 0 Å². The van der Waals surface area contributed by atoms with E-state index in [4.69, 9.17) is 0 Å². The molecule has 1 aliphatic carbocycles. The second-order valence-corrected chi connectivity index (χ2v) is 9.35. The Morgan fingerprint density at radius 3 is 2.35 bits per heavy atom. The Morgan fingerprint density at radius 2 is 1.81 bits per heavy atom. The number of rotatable bonds is 5. The maximum atomic E-state index is 14.7. The maximum Gasteiger partial charge on any atom is 0.405 e. The fourth-order valence-electron chi connectivity index (χ4n) is 3.61. The Hall–Kier alpha value is -3.34. The average molecular weight is 449 g/mol. The van der Waals surface area contributed by atoms with Gasteiger partial charge in [-0.25, -0.2) is 27.0 Å². The molecule has 1 aliphatic rings. The van der Waals surface area contributed by atoms with Crippen molar-refractivity contribution in [3.63, 3.8) is 0 Å². The number of carboxylic acid groups (broad SMARTS) is 1. The number of benzene rings is 2. The fourth-order valence-corrected chi connectivity index (χ4v) is 4.50. The number of fused-ring (bicyclic) bond motifs is 1. The monoisotopic (exact) mass is 449 g/mol. The lowest BCUT2D eigenvalue weighted by Crippen LogP contribution is -2.36. The predicted molar refractivity (Wildman–Crippen MR) is 107 cm³/mol. The van der Waals surface area contributed by atoms with Gasteiger partial charge in [-0.15, -0.1) is 0 Å². The molecule has 1 unspecified atom stereocenters. The molecule has 0 radical (unpaired) electrons. The quantitative estimate of drug-likeness (QED) is 0.618. The van der Waals surface area contributed by atoms with E-state index >= 15 is 0 Å². The largest absolute Gasteiger partial charge is 0.465 e. The number of sulfone groups is 1. The van der Waals surface area contributed by atoms with Crippen molar-refractivity contribution in [2.75, 3.05) is 6.26 Å². The summed E-state index contributed by atoms with van der Waals surface area (Å²) in [5.41, 5.74) is -1.78. The van der Waals surface area contributed by atoms with Gasteiger partial charge in [-0.1, -0.05) is 12.1 Å². The Kier molecular flexibility index (Phi) is 5.00. The van der Waals surface area contributed by atoms with E-state index in [0.717, 1.165) is 24.5 Å². The first-order valence-corrected chi connectivity index (χ1v) is 11.2. The zero-order chi connectivity index (χ0) is 22.5. The Morgan fingerprint density at radius 1 is 1.19 bits per heavy atom. The van der Waals surface area contributed by atoms with Crippen LogP contribution in [0.4, 0.5) is 13.6 Å². The smallest absolute Gasteiger partial charge is 0.405 e. The van der Waals surface area contributed by atoms with E-state index in [2.05, 4.69) is 10.3 Å². The first kappa shape index (κ1) is 20.9. The van der Waals surface area contributed by atoms with Gasteiger partial charge in [-0.3, -0.25) is 9.36 Å². The second kappa shape index (κ2) is 7.41. The standard InChI is InChI=1S/C20H17F2N3O5S/c1-31(29,30)14-7-3-6-13-15(14)19(26)25(17-11(21)4-2-5-12(17)22)18(23-13)16(10-8-9-10)24-20(27)28/h2-7,10,16,24H,8-9H2,1H3,(H,27,28). The summed E-state index contributed by atoms with van der Waals surface area (Å²) in [5.74, 6) is -2.59. The number of halogens is 2. The van der Waals surface area contributed by atoms with Crippen molar-refractivity contribution in [3.8, 4) is 5.69 Å². The molecular formula is C20H17F2N3O5S. The predicted octanol–water partition coefficient (Wildman–Crippen LogP) is 2.79. The van der Waals surface area contributed by atoms with E-state index in [-0.39, 0.29) is 27.5 Å². The Labute approximate surface area is 175 Å². The number of aromatic nitrogens is 2. The molecule has 1 fully saturated rings. The molecule has 4 rings (SSSR count). The molecule has 1 aromatic heterocycles. The van der Waals surface area contributed by atoms with E-state index in [1.165, 1.54) is 18.2 Å². The zero-order valence-corrected chi connectivity index (χ0v) is 17.0. The van der Waals surface area contributed by atoms with E-state index < -0.39 is 44.9 Å². The number of hydrogen-bond acceptors (Lipinski definition) is 5. The van der Waals surface area contributed by atoms with Crippen LogP contribution in [0.5, 0.6) is 0 Å². The van der Waals surface area contributed by atoms with Crippen molar-refractivity contribution in [1.29, 1.82) is 0 Å². The van der Waals surface area contributed by atoms with Gasteiger partial charge in [-0.05, 0) is 43.0 Å². The minimum absolute atomic E-state index is 0.0197. The highest BCUT2D eigenvalue weighted by Gasteiger charge is 2.38. The molecule has 3 aromatic rings. The van der Waals surface area contributed by atoms with E-state index in [1.54, 1.807) is 0 Å². The summed E-state index contributed by atoms with van der Waals surface area (Å²) in [6.07, 6.45) is 0.767. The molecule has 1 amide bonds. The van der Waals surface area contributed by atoms with Gasteiger partial charge in [0.05, 0.1) is 21.8 Å². The average Bonchev–Trinajstić information content (AvgIpc) is 3.51. The van der Waals surface area contributed by atoms with Gasteiger partial charge in [0.1, 0.15) is 23.1 Å². The molecule has 0 bridgehead atoms. The molecule has 0 saturated heterocycles. The first-order chi connectivity index (χ1) is 14.6. The molecule has 11 heteroatoms. The molecule has 162 valence electrons. The fraction of sp³-hybridized carbons (Fsp3) is 0.250. The van der Waals surface area contributed by atoms with Crippen LogP contribution < -0.4 is 10.9 Å². The molecule has 1 saturated carbocycles. The number of nitrogens with one attached hydrogen (secondary N) is 1. The van der Waals surface area contributed by atoms with Gasteiger partial charge in [0, 0.05) is 6.26 Å². The minimum atomic E-state index is -3.88. The van der Waals surface area contributed by atoms with Gasteiger partial charge < -0.3 is 10.4 Å². The molecule has 8 nitrogen and oxygen atoms in total. The highest BCUT2D eigenvalue weighted by Crippen LogP contribution is 2.41. The molecule has 0 aliphatic heterocycles. The Bertz CT molecular complexity index is 1360. The molecule has 2 N–H and O–H groups in total. The first-order valence-electron chi connectivity index (χ1n) is 9.29. The zero-order valence-electron chi connectivity index (χ0n) is 16.2. The SMILES string of the molecule is CS(=O)(=O)c1cccc2nc(C(NC(=O)O)C3CC3)n(-c3c(F)cccc3F)c(=O)c12. The maximum absolute atomic E-state index is 14.7. The van der Waals surface area contributed by atoms with Crippen LogP contribution in [-0.2, 0) is 9.84 Å². The third-order valence-corrected chi connectivity index (χ3v) is 6.24. The van der Waals surface area contributed by atoms with Crippen LogP contribution in [0, 0.1) is 17.6 Å². The van der Waals surface area contributed by atoms with Crippen LogP contribution in [0.3, 0.4) is 0 Å². The molecule has 1 atom stereocenters. The number of para-hydroxylation sites is 1. The van der Waals surface area contributed by atoms with Crippen LogP contribution in [0.15, 0.2) is 46.1 Å². The number of nitrogens with zero attached hydrogens (tertiary/aromatic N) is 2. The van der Waals surface area contributed by atoms with Crippen LogP contribution in [0.25, 0.3) is 16.6 Å². The lowest BCUT2D eigenvalue weighted by atomic mass is 10.1. The van der Waals surface area contributed by atoms with Crippen LogP contribution in [0.1, 0.15) is 24.7 Å². The normalized spacial score (nSPS) is 15.1. The number of amides is 1. The van der Waals surface area contributed by atoms with Crippen LogP contribution in [0.2, 0.25) is 0 Å². The van der Waals surface area contributed by atoms with Gasteiger partial charge in [0.15, 0.2) is 9.84 Å². The van der Waals surface area contributed by atoms with E-state index in [9.17, 15) is 31.9 Å². The van der Waals surface area contributed by atoms with E-state index in [0.29, 0.717) is 17.4 Å².